The van der Waals surface area contributed by atoms with Crippen LogP contribution in [0.5, 0.6) is 0 Å². The molecular weight excluding hydrogens is 263 g/mol. The summed E-state index contributed by atoms with van der Waals surface area (Å²) in [5.41, 5.74) is 0.468. The minimum Gasteiger partial charge on any atom is -0.478 e. The molecule has 1 aromatic heterocycles. The lowest BCUT2D eigenvalue weighted by Gasteiger charge is -2.16. The number of carbonyl (C=O) groups is 2. The Balaban J connectivity index is 2.24. The van der Waals surface area contributed by atoms with Crippen molar-refractivity contribution in [2.45, 2.75) is 0 Å². The molecule has 6 heteroatoms. The van der Waals surface area contributed by atoms with Gasteiger partial charge in [-0.15, -0.1) is 0 Å². The largest absolute Gasteiger partial charge is 0.478 e. The van der Waals surface area contributed by atoms with Crippen molar-refractivity contribution in [3.8, 4) is 0 Å². The number of hydrogen-bond donors (Lipinski definition) is 1. The lowest BCUT2D eigenvalue weighted by Crippen LogP contribution is -2.27. The summed E-state index contributed by atoms with van der Waals surface area (Å²) in [4.78, 5) is 27.9. The normalized spacial score (nSPS) is 10.1. The van der Waals surface area contributed by atoms with E-state index in [0.29, 0.717) is 5.69 Å². The number of carboxylic acids is 1. The zero-order chi connectivity index (χ0) is 14.7. The average Bonchev–Trinajstić information content (AvgIpc) is 2.46. The van der Waals surface area contributed by atoms with Crippen LogP contribution in [-0.4, -0.2) is 29.0 Å². The summed E-state index contributed by atoms with van der Waals surface area (Å²) < 4.78 is 13.1. The molecule has 0 aliphatic rings. The summed E-state index contributed by atoms with van der Waals surface area (Å²) >= 11 is 0. The Morgan fingerprint density at radius 1 is 1.25 bits per heavy atom. The second-order valence-corrected chi connectivity index (χ2v) is 4.08. The van der Waals surface area contributed by atoms with Crippen LogP contribution in [-0.2, 0) is 0 Å². The zero-order valence-electron chi connectivity index (χ0n) is 10.6. The Hall–Kier alpha value is -2.76. The lowest BCUT2D eigenvalue weighted by atomic mass is 10.2. The minimum absolute atomic E-state index is 0.00467. The van der Waals surface area contributed by atoms with Gasteiger partial charge in [0, 0.05) is 18.9 Å². The number of rotatable bonds is 3. The number of pyridine rings is 1. The van der Waals surface area contributed by atoms with Gasteiger partial charge < -0.3 is 10.0 Å². The monoisotopic (exact) mass is 274 g/mol. The van der Waals surface area contributed by atoms with E-state index in [1.54, 1.807) is 6.07 Å². The lowest BCUT2D eigenvalue weighted by molar-refractivity contribution is 0.0695. The number of carboxylic acid groups (broad SMARTS) is 1. The fourth-order valence-electron chi connectivity index (χ4n) is 1.62. The van der Waals surface area contributed by atoms with Crippen molar-refractivity contribution >= 4 is 17.6 Å². The number of carbonyl (C=O) groups excluding carboxylic acids is 1. The van der Waals surface area contributed by atoms with Gasteiger partial charge in [-0.2, -0.15) is 0 Å². The van der Waals surface area contributed by atoms with Gasteiger partial charge in [0.05, 0.1) is 5.56 Å². The Kier molecular flexibility index (Phi) is 3.74. The Labute approximate surface area is 114 Å². The number of anilines is 1. The van der Waals surface area contributed by atoms with Crippen LogP contribution in [0.3, 0.4) is 0 Å². The third-order valence-electron chi connectivity index (χ3n) is 2.73. The van der Waals surface area contributed by atoms with Gasteiger partial charge in [0.2, 0.25) is 0 Å². The second kappa shape index (κ2) is 5.48. The van der Waals surface area contributed by atoms with Crippen molar-refractivity contribution < 1.29 is 19.1 Å². The molecule has 0 unspecified atom stereocenters. The van der Waals surface area contributed by atoms with Crippen LogP contribution in [0.1, 0.15) is 20.8 Å². The molecule has 0 saturated carbocycles. The first-order valence-electron chi connectivity index (χ1n) is 5.72. The average molecular weight is 274 g/mol. The van der Waals surface area contributed by atoms with Gasteiger partial charge in [0.1, 0.15) is 11.5 Å². The maximum atomic E-state index is 13.1. The summed E-state index contributed by atoms with van der Waals surface area (Å²) in [6.45, 7) is 0. The smallest absolute Gasteiger partial charge is 0.337 e. The summed E-state index contributed by atoms with van der Waals surface area (Å²) in [6, 6.07) is 8.21. The maximum absolute atomic E-state index is 13.1. The number of benzene rings is 1. The SMILES string of the molecule is CN(C(=O)c1ccc(C(=O)O)cn1)c1cccc(F)c1. The molecule has 0 fully saturated rings. The molecule has 0 spiro atoms. The molecular formula is C14H11FN2O3. The van der Waals surface area contributed by atoms with Crippen molar-refractivity contribution in [1.29, 1.82) is 0 Å². The predicted octanol–water partition coefficient (Wildman–Crippen LogP) is 2.20. The van der Waals surface area contributed by atoms with Crippen molar-refractivity contribution in [2.24, 2.45) is 0 Å². The topological polar surface area (TPSA) is 70.5 Å². The summed E-state index contributed by atoms with van der Waals surface area (Å²) in [5.74, 6) is -2.01. The van der Waals surface area contributed by atoms with Crippen LogP contribution in [0.2, 0.25) is 0 Å². The van der Waals surface area contributed by atoms with E-state index in [9.17, 15) is 14.0 Å². The number of amides is 1. The predicted molar refractivity (Wildman–Crippen MR) is 70.3 cm³/mol. The zero-order valence-corrected chi connectivity index (χ0v) is 10.6. The summed E-state index contributed by atoms with van der Waals surface area (Å²) in [7, 11) is 1.49. The van der Waals surface area contributed by atoms with E-state index < -0.39 is 17.7 Å². The molecule has 5 nitrogen and oxygen atoms in total. The van der Waals surface area contributed by atoms with Crippen LogP contribution < -0.4 is 4.90 Å². The molecule has 20 heavy (non-hydrogen) atoms. The Morgan fingerprint density at radius 2 is 2.00 bits per heavy atom. The minimum atomic E-state index is -1.12. The van der Waals surface area contributed by atoms with Crippen LogP contribution in [0.15, 0.2) is 42.6 Å². The van der Waals surface area contributed by atoms with Crippen LogP contribution in [0.4, 0.5) is 10.1 Å². The van der Waals surface area contributed by atoms with E-state index in [1.165, 1.54) is 42.3 Å². The molecule has 102 valence electrons. The van der Waals surface area contributed by atoms with Crippen molar-refractivity contribution in [1.82, 2.24) is 4.98 Å². The van der Waals surface area contributed by atoms with Crippen molar-refractivity contribution in [3.05, 3.63) is 59.7 Å². The number of aromatic carboxylic acids is 1. The molecule has 2 rings (SSSR count). The molecule has 0 aliphatic carbocycles. The highest BCUT2D eigenvalue weighted by Crippen LogP contribution is 2.16. The van der Waals surface area contributed by atoms with Crippen LogP contribution in [0.25, 0.3) is 0 Å². The first kappa shape index (κ1) is 13.7. The van der Waals surface area contributed by atoms with Gasteiger partial charge in [0.25, 0.3) is 5.91 Å². The van der Waals surface area contributed by atoms with Crippen molar-refractivity contribution in [3.63, 3.8) is 0 Å². The molecule has 0 radical (unpaired) electrons. The highest BCUT2D eigenvalue weighted by Gasteiger charge is 2.15. The maximum Gasteiger partial charge on any atom is 0.337 e. The van der Waals surface area contributed by atoms with Gasteiger partial charge in [-0.1, -0.05) is 6.07 Å². The molecule has 2 aromatic rings. The molecule has 1 N–H and O–H groups in total. The molecule has 0 bridgehead atoms. The number of aromatic nitrogens is 1. The highest BCUT2D eigenvalue weighted by molar-refractivity contribution is 6.04. The fourth-order valence-corrected chi connectivity index (χ4v) is 1.62. The number of halogens is 1. The Morgan fingerprint density at radius 3 is 2.55 bits per heavy atom. The van der Waals surface area contributed by atoms with Gasteiger partial charge >= 0.3 is 5.97 Å². The van der Waals surface area contributed by atoms with E-state index in [-0.39, 0.29) is 11.3 Å². The van der Waals surface area contributed by atoms with E-state index in [4.69, 9.17) is 5.11 Å². The fraction of sp³-hybridized carbons (Fsp3) is 0.0714. The number of hydrogen-bond acceptors (Lipinski definition) is 3. The molecule has 0 saturated heterocycles. The van der Waals surface area contributed by atoms with E-state index in [2.05, 4.69) is 4.98 Å². The summed E-state index contributed by atoms with van der Waals surface area (Å²) in [5, 5.41) is 8.76. The summed E-state index contributed by atoms with van der Waals surface area (Å²) in [6.07, 6.45) is 1.11. The second-order valence-electron chi connectivity index (χ2n) is 4.08. The quantitative estimate of drug-likeness (QED) is 0.931. The van der Waals surface area contributed by atoms with Gasteiger partial charge in [-0.25, -0.2) is 9.18 Å². The number of nitrogens with zero attached hydrogens (tertiary/aromatic N) is 2. The standard InChI is InChI=1S/C14H11FN2O3/c1-17(11-4-2-3-10(15)7-11)13(18)12-6-5-9(8-16-12)14(19)20/h2-8H,1H3,(H,19,20). The highest BCUT2D eigenvalue weighted by atomic mass is 19.1. The molecule has 1 aromatic carbocycles. The third-order valence-corrected chi connectivity index (χ3v) is 2.73. The van der Waals surface area contributed by atoms with Gasteiger partial charge in [-0.05, 0) is 30.3 Å². The van der Waals surface area contributed by atoms with Crippen LogP contribution >= 0.6 is 0 Å². The Bertz CT molecular complexity index is 656. The van der Waals surface area contributed by atoms with Gasteiger partial charge in [0.15, 0.2) is 0 Å². The van der Waals surface area contributed by atoms with Crippen LogP contribution in [0, 0.1) is 5.82 Å². The molecule has 0 aliphatic heterocycles. The van der Waals surface area contributed by atoms with Crippen molar-refractivity contribution in [2.75, 3.05) is 11.9 Å². The molecule has 0 atom stereocenters. The molecule has 1 heterocycles. The van der Waals surface area contributed by atoms with E-state index >= 15 is 0 Å². The van der Waals surface area contributed by atoms with E-state index in [1.807, 2.05) is 0 Å². The van der Waals surface area contributed by atoms with Gasteiger partial charge in [-0.3, -0.25) is 9.78 Å². The third kappa shape index (κ3) is 2.80. The first-order valence-corrected chi connectivity index (χ1v) is 5.72. The van der Waals surface area contributed by atoms with E-state index in [0.717, 1.165) is 6.20 Å². The first-order chi connectivity index (χ1) is 9.49. The molecule has 1 amide bonds.